The Kier molecular flexibility index (Phi) is 7.14. The molecule has 0 aromatic carbocycles. The van der Waals surface area contributed by atoms with E-state index in [2.05, 4.69) is 32.6 Å². The summed E-state index contributed by atoms with van der Waals surface area (Å²) in [6.07, 6.45) is 2.20. The molecule has 2 N–H and O–H groups in total. The molecule has 0 aliphatic heterocycles. The lowest BCUT2D eigenvalue weighted by Crippen LogP contribution is -2.56. The molecule has 0 spiro atoms. The Hall–Kier alpha value is -0.120. The minimum absolute atomic E-state index is 0.146. The van der Waals surface area contributed by atoms with Gasteiger partial charge < -0.3 is 10.5 Å². The summed E-state index contributed by atoms with van der Waals surface area (Å²) < 4.78 is 5.17. The van der Waals surface area contributed by atoms with Gasteiger partial charge in [0.2, 0.25) is 0 Å². The van der Waals surface area contributed by atoms with Crippen molar-refractivity contribution in [2.75, 3.05) is 26.8 Å². The van der Waals surface area contributed by atoms with Crippen molar-refractivity contribution in [3.63, 3.8) is 0 Å². The number of rotatable bonds is 8. The summed E-state index contributed by atoms with van der Waals surface area (Å²) in [5, 5.41) is 0. The molecule has 0 unspecified atom stereocenters. The van der Waals surface area contributed by atoms with E-state index in [1.807, 2.05) is 0 Å². The van der Waals surface area contributed by atoms with Crippen molar-refractivity contribution in [3.05, 3.63) is 0 Å². The highest BCUT2D eigenvalue weighted by Gasteiger charge is 2.33. The average molecular weight is 216 g/mol. The minimum atomic E-state index is 0.146. The molecule has 0 aliphatic rings. The lowest BCUT2D eigenvalue weighted by atomic mass is 9.89. The van der Waals surface area contributed by atoms with Crippen LogP contribution in [0.3, 0.4) is 0 Å². The van der Waals surface area contributed by atoms with Crippen molar-refractivity contribution in [2.45, 2.75) is 52.1 Å². The predicted molar refractivity (Wildman–Crippen MR) is 66.1 cm³/mol. The summed E-state index contributed by atoms with van der Waals surface area (Å²) in [4.78, 5) is 2.48. The van der Waals surface area contributed by atoms with Gasteiger partial charge in [-0.1, -0.05) is 13.8 Å². The molecule has 0 saturated carbocycles. The van der Waals surface area contributed by atoms with E-state index in [1.165, 1.54) is 0 Å². The fourth-order valence-corrected chi connectivity index (χ4v) is 2.29. The second-order valence-electron chi connectivity index (χ2n) is 4.42. The Balaban J connectivity index is 4.66. The van der Waals surface area contributed by atoms with Crippen molar-refractivity contribution in [1.29, 1.82) is 0 Å². The number of methoxy groups -OCH3 is 1. The molecular formula is C12H28N2O. The van der Waals surface area contributed by atoms with Gasteiger partial charge in [0.05, 0.1) is 6.61 Å². The van der Waals surface area contributed by atoms with Crippen LogP contribution in [0.25, 0.3) is 0 Å². The normalized spacial score (nSPS) is 12.8. The van der Waals surface area contributed by atoms with E-state index in [4.69, 9.17) is 10.5 Å². The highest BCUT2D eigenvalue weighted by atomic mass is 16.5. The van der Waals surface area contributed by atoms with E-state index in [0.717, 1.165) is 32.5 Å². The van der Waals surface area contributed by atoms with E-state index in [1.54, 1.807) is 7.11 Å². The zero-order valence-corrected chi connectivity index (χ0v) is 11.0. The number of nitrogens with two attached hydrogens (primary N) is 1. The molecule has 0 radical (unpaired) electrons. The standard InChI is InChI=1S/C12H28N2O/c1-6-12(7-2,10-13)14(11(3)4)8-9-15-5/h11H,6-10,13H2,1-5H3. The molecule has 3 heteroatoms. The number of ether oxygens (including phenoxy) is 1. The van der Waals surface area contributed by atoms with Crippen molar-refractivity contribution in [1.82, 2.24) is 4.90 Å². The van der Waals surface area contributed by atoms with Crippen LogP contribution in [0, 0.1) is 0 Å². The van der Waals surface area contributed by atoms with Crippen LogP contribution in [-0.4, -0.2) is 43.3 Å². The Bertz CT molecular complexity index is 147. The van der Waals surface area contributed by atoms with E-state index >= 15 is 0 Å². The zero-order valence-electron chi connectivity index (χ0n) is 11.0. The molecule has 0 atom stereocenters. The van der Waals surface area contributed by atoms with Gasteiger partial charge in [0.15, 0.2) is 0 Å². The Morgan fingerprint density at radius 1 is 1.27 bits per heavy atom. The monoisotopic (exact) mass is 216 g/mol. The van der Waals surface area contributed by atoms with Crippen LogP contribution in [0.1, 0.15) is 40.5 Å². The highest BCUT2D eigenvalue weighted by Crippen LogP contribution is 2.24. The third-order valence-corrected chi connectivity index (χ3v) is 3.47. The summed E-state index contributed by atoms with van der Waals surface area (Å²) >= 11 is 0. The predicted octanol–water partition coefficient (Wildman–Crippen LogP) is 1.86. The largest absolute Gasteiger partial charge is 0.383 e. The Labute approximate surface area is 95.0 Å². The van der Waals surface area contributed by atoms with Crippen LogP contribution in [-0.2, 0) is 4.74 Å². The molecule has 0 fully saturated rings. The average Bonchev–Trinajstić information content (AvgIpc) is 2.24. The van der Waals surface area contributed by atoms with E-state index in [9.17, 15) is 0 Å². The maximum Gasteiger partial charge on any atom is 0.0590 e. The van der Waals surface area contributed by atoms with Crippen LogP contribution in [0.15, 0.2) is 0 Å². The van der Waals surface area contributed by atoms with Crippen molar-refractivity contribution in [3.8, 4) is 0 Å². The lowest BCUT2D eigenvalue weighted by molar-refractivity contribution is 0.0286. The first-order valence-electron chi connectivity index (χ1n) is 6.03. The third kappa shape index (κ3) is 3.74. The van der Waals surface area contributed by atoms with Crippen LogP contribution >= 0.6 is 0 Å². The molecule has 0 bridgehead atoms. The summed E-state index contributed by atoms with van der Waals surface area (Å²) in [5.41, 5.74) is 6.10. The first kappa shape index (κ1) is 14.9. The minimum Gasteiger partial charge on any atom is -0.383 e. The second-order valence-corrected chi connectivity index (χ2v) is 4.42. The third-order valence-electron chi connectivity index (χ3n) is 3.47. The highest BCUT2D eigenvalue weighted by molar-refractivity contribution is 4.91. The summed E-state index contributed by atoms with van der Waals surface area (Å²) in [7, 11) is 1.75. The van der Waals surface area contributed by atoms with Crippen molar-refractivity contribution >= 4 is 0 Å². The molecule has 0 heterocycles. The molecule has 92 valence electrons. The van der Waals surface area contributed by atoms with Gasteiger partial charge in [0.25, 0.3) is 0 Å². The Morgan fingerprint density at radius 3 is 2.07 bits per heavy atom. The number of hydrogen-bond acceptors (Lipinski definition) is 3. The van der Waals surface area contributed by atoms with Gasteiger partial charge in [-0.3, -0.25) is 4.90 Å². The van der Waals surface area contributed by atoms with E-state index in [-0.39, 0.29) is 5.54 Å². The smallest absolute Gasteiger partial charge is 0.0590 e. The molecule has 0 aliphatic carbocycles. The van der Waals surface area contributed by atoms with Gasteiger partial charge in [0, 0.05) is 31.8 Å². The van der Waals surface area contributed by atoms with Crippen LogP contribution in [0.2, 0.25) is 0 Å². The lowest BCUT2D eigenvalue weighted by Gasteiger charge is -2.45. The topological polar surface area (TPSA) is 38.5 Å². The quantitative estimate of drug-likeness (QED) is 0.673. The van der Waals surface area contributed by atoms with Gasteiger partial charge in [0.1, 0.15) is 0 Å². The van der Waals surface area contributed by atoms with Crippen LogP contribution < -0.4 is 5.73 Å². The first-order chi connectivity index (χ1) is 7.07. The molecule has 0 aromatic rings. The van der Waals surface area contributed by atoms with E-state index in [0.29, 0.717) is 6.04 Å². The van der Waals surface area contributed by atoms with Crippen molar-refractivity contribution < 1.29 is 4.74 Å². The summed E-state index contributed by atoms with van der Waals surface area (Å²) in [5.74, 6) is 0. The summed E-state index contributed by atoms with van der Waals surface area (Å²) in [6, 6.07) is 0.517. The molecule has 3 nitrogen and oxygen atoms in total. The Morgan fingerprint density at radius 2 is 1.80 bits per heavy atom. The molecule has 15 heavy (non-hydrogen) atoms. The van der Waals surface area contributed by atoms with Crippen LogP contribution in [0.5, 0.6) is 0 Å². The van der Waals surface area contributed by atoms with Gasteiger partial charge in [-0.25, -0.2) is 0 Å². The molecule has 0 rings (SSSR count). The molecule has 0 amide bonds. The number of nitrogens with zero attached hydrogens (tertiary/aromatic N) is 1. The fourth-order valence-electron chi connectivity index (χ4n) is 2.29. The molecular weight excluding hydrogens is 188 g/mol. The first-order valence-corrected chi connectivity index (χ1v) is 6.03. The maximum atomic E-state index is 5.96. The van der Waals surface area contributed by atoms with E-state index < -0.39 is 0 Å². The maximum absolute atomic E-state index is 5.96. The van der Waals surface area contributed by atoms with Gasteiger partial charge in [-0.05, 0) is 26.7 Å². The molecule has 0 aromatic heterocycles. The number of hydrogen-bond donors (Lipinski definition) is 1. The van der Waals surface area contributed by atoms with Gasteiger partial charge >= 0.3 is 0 Å². The summed E-state index contributed by atoms with van der Waals surface area (Å²) in [6.45, 7) is 11.4. The zero-order chi connectivity index (χ0) is 11.9. The van der Waals surface area contributed by atoms with Crippen molar-refractivity contribution in [2.24, 2.45) is 5.73 Å². The SMILES string of the molecule is CCC(CC)(CN)N(CCOC)C(C)C. The van der Waals surface area contributed by atoms with Gasteiger partial charge in [-0.15, -0.1) is 0 Å². The van der Waals surface area contributed by atoms with Gasteiger partial charge in [-0.2, -0.15) is 0 Å². The fraction of sp³-hybridized carbons (Fsp3) is 1.00. The second kappa shape index (κ2) is 7.20. The molecule has 0 saturated heterocycles. The van der Waals surface area contributed by atoms with Crippen LogP contribution in [0.4, 0.5) is 0 Å².